The number of benzene rings is 3. The summed E-state index contributed by atoms with van der Waals surface area (Å²) in [7, 11) is 0. The lowest BCUT2D eigenvalue weighted by Crippen LogP contribution is -2.48. The van der Waals surface area contributed by atoms with Crippen molar-refractivity contribution in [2.45, 2.75) is 50.4 Å². The third kappa shape index (κ3) is 5.31. The molecule has 0 spiro atoms. The molecule has 0 aromatic heterocycles. The van der Waals surface area contributed by atoms with Gasteiger partial charge in [-0.15, -0.1) is 0 Å². The molecule has 4 nitrogen and oxygen atoms in total. The molecule has 3 aromatic rings. The van der Waals surface area contributed by atoms with E-state index in [-0.39, 0.29) is 0 Å². The molecule has 2 atom stereocenters. The van der Waals surface area contributed by atoms with Gasteiger partial charge in [-0.2, -0.15) is 0 Å². The van der Waals surface area contributed by atoms with Gasteiger partial charge >= 0.3 is 0 Å². The van der Waals surface area contributed by atoms with Crippen LogP contribution in [0.4, 0.5) is 5.69 Å². The van der Waals surface area contributed by atoms with Gasteiger partial charge in [0.15, 0.2) is 0 Å². The average molecular weight is 495 g/mol. The van der Waals surface area contributed by atoms with Gasteiger partial charge in [0.2, 0.25) is 0 Å². The van der Waals surface area contributed by atoms with Crippen LogP contribution in [0.25, 0.3) is 0 Å². The summed E-state index contributed by atoms with van der Waals surface area (Å²) in [4.78, 5) is 16.7. The summed E-state index contributed by atoms with van der Waals surface area (Å²) in [5.74, 6) is 2.24. The van der Waals surface area contributed by atoms with Crippen LogP contribution in [0.3, 0.4) is 0 Å². The molecule has 0 amide bonds. The summed E-state index contributed by atoms with van der Waals surface area (Å²) in [5.41, 5.74) is 6.69. The molecule has 1 aliphatic heterocycles. The summed E-state index contributed by atoms with van der Waals surface area (Å²) in [6, 6.07) is 26.2. The lowest BCUT2D eigenvalue weighted by molar-refractivity contribution is -0.121. The van der Waals surface area contributed by atoms with Gasteiger partial charge in [0, 0.05) is 57.2 Å². The van der Waals surface area contributed by atoms with E-state index in [4.69, 9.17) is 0 Å². The first-order valence-corrected chi connectivity index (χ1v) is 14.1. The van der Waals surface area contributed by atoms with Crippen molar-refractivity contribution in [2.75, 3.05) is 37.6 Å². The van der Waals surface area contributed by atoms with Gasteiger partial charge in [0.1, 0.15) is 11.5 Å². The number of aromatic hydroxyl groups is 1. The van der Waals surface area contributed by atoms with E-state index in [0.29, 0.717) is 29.3 Å². The Balaban J connectivity index is 1.17. The maximum absolute atomic E-state index is 11.6. The van der Waals surface area contributed by atoms with Gasteiger partial charge in [0.05, 0.1) is 0 Å². The van der Waals surface area contributed by atoms with Crippen LogP contribution in [0.1, 0.15) is 66.2 Å². The van der Waals surface area contributed by atoms with Gasteiger partial charge in [0.25, 0.3) is 0 Å². The molecule has 1 N–H and O–H groups in total. The Bertz CT molecular complexity index is 1200. The highest BCUT2D eigenvalue weighted by Gasteiger charge is 2.32. The van der Waals surface area contributed by atoms with E-state index in [2.05, 4.69) is 70.5 Å². The van der Waals surface area contributed by atoms with Gasteiger partial charge in [-0.05, 0) is 84.0 Å². The molecule has 6 rings (SSSR count). The van der Waals surface area contributed by atoms with Crippen LogP contribution in [-0.2, 0) is 11.2 Å². The van der Waals surface area contributed by atoms with Crippen molar-refractivity contribution in [2.24, 2.45) is 5.92 Å². The molecular weight excluding hydrogens is 456 g/mol. The molecule has 192 valence electrons. The van der Waals surface area contributed by atoms with E-state index in [9.17, 15) is 9.90 Å². The Morgan fingerprint density at radius 2 is 1.49 bits per heavy atom. The maximum atomic E-state index is 11.6. The number of piperazine rings is 1. The molecule has 3 aromatic carbocycles. The van der Waals surface area contributed by atoms with Crippen LogP contribution in [0.2, 0.25) is 0 Å². The second-order valence-corrected chi connectivity index (χ2v) is 11.3. The molecule has 1 heterocycles. The van der Waals surface area contributed by atoms with Crippen molar-refractivity contribution in [3.63, 3.8) is 0 Å². The highest BCUT2D eigenvalue weighted by Crippen LogP contribution is 2.47. The van der Waals surface area contributed by atoms with Crippen LogP contribution in [0.15, 0.2) is 72.8 Å². The number of Topliss-reactive ketones (excluding diaryl/α,β-unsaturated/α-hetero) is 1. The van der Waals surface area contributed by atoms with E-state index in [1.165, 1.54) is 27.9 Å². The topological polar surface area (TPSA) is 43.8 Å². The zero-order chi connectivity index (χ0) is 25.2. The Morgan fingerprint density at radius 3 is 2.22 bits per heavy atom. The summed E-state index contributed by atoms with van der Waals surface area (Å²) in [6.07, 6.45) is 5.82. The molecule has 4 heteroatoms. The summed E-state index contributed by atoms with van der Waals surface area (Å²) < 4.78 is 0. The third-order valence-electron chi connectivity index (χ3n) is 8.99. The largest absolute Gasteiger partial charge is 0.508 e. The van der Waals surface area contributed by atoms with E-state index >= 15 is 0 Å². The number of carbonyl (C=O) groups excluding carboxylic acids is 1. The van der Waals surface area contributed by atoms with Crippen molar-refractivity contribution in [3.8, 4) is 5.75 Å². The van der Waals surface area contributed by atoms with Crippen molar-refractivity contribution in [1.82, 2.24) is 4.90 Å². The van der Waals surface area contributed by atoms with Crippen LogP contribution in [-0.4, -0.2) is 48.5 Å². The van der Waals surface area contributed by atoms with Crippen molar-refractivity contribution >= 4 is 11.5 Å². The molecule has 0 bridgehead atoms. The number of aryl methyl sites for hydroxylation is 1. The summed E-state index contributed by atoms with van der Waals surface area (Å²) in [6.45, 7) is 5.47. The number of phenolic OH excluding ortho intramolecular Hbond substituents is 1. The fourth-order valence-electron chi connectivity index (χ4n) is 6.91. The summed E-state index contributed by atoms with van der Waals surface area (Å²) >= 11 is 0. The standard InChI is InChI=1S/C33H38N2O2/c36-29-13-6-24(7-14-29)23-34-18-20-35(21-19-34)28-11-8-26(9-12-28)33-31(25-4-2-1-3-5-25)16-10-27-22-30(37)15-17-32(27)33/h1-5,8-9,11-12,15,17,22,24,31,33,37H,6-7,10,13-14,16,18-21,23H2/t31-,33+/m1/s1. The van der Waals surface area contributed by atoms with E-state index in [0.717, 1.165) is 71.2 Å². The number of carbonyl (C=O) groups is 1. The minimum atomic E-state index is 0.292. The molecular formula is C33H38N2O2. The van der Waals surface area contributed by atoms with E-state index in [1.807, 2.05) is 12.1 Å². The number of fused-ring (bicyclic) bond motifs is 1. The van der Waals surface area contributed by atoms with Gasteiger partial charge in [-0.3, -0.25) is 9.69 Å². The fourth-order valence-corrected chi connectivity index (χ4v) is 6.91. The first-order valence-electron chi connectivity index (χ1n) is 14.1. The highest BCUT2D eigenvalue weighted by molar-refractivity contribution is 5.79. The predicted molar refractivity (Wildman–Crippen MR) is 150 cm³/mol. The van der Waals surface area contributed by atoms with Crippen LogP contribution < -0.4 is 4.90 Å². The zero-order valence-electron chi connectivity index (χ0n) is 21.7. The van der Waals surface area contributed by atoms with Gasteiger partial charge in [-0.25, -0.2) is 0 Å². The maximum Gasteiger partial charge on any atom is 0.132 e. The van der Waals surface area contributed by atoms with E-state index in [1.54, 1.807) is 0 Å². The zero-order valence-corrected chi connectivity index (χ0v) is 21.7. The number of anilines is 1. The Kier molecular flexibility index (Phi) is 7.01. The normalized spacial score (nSPS) is 23.1. The second kappa shape index (κ2) is 10.7. The molecule has 1 saturated heterocycles. The predicted octanol–water partition coefficient (Wildman–Crippen LogP) is 6.14. The first kappa shape index (κ1) is 24.2. The minimum absolute atomic E-state index is 0.292. The Hall–Kier alpha value is -3.11. The number of nitrogens with zero attached hydrogens (tertiary/aromatic N) is 2. The highest BCUT2D eigenvalue weighted by atomic mass is 16.3. The SMILES string of the molecule is O=C1CCC(CN2CCN(c3ccc([C@@H]4c5ccc(O)cc5CC[C@@H]4c4ccccc4)cc3)CC2)CC1. The number of phenols is 1. The molecule has 0 radical (unpaired) electrons. The second-order valence-electron chi connectivity index (χ2n) is 11.3. The number of hydrogen-bond acceptors (Lipinski definition) is 4. The molecule has 0 unspecified atom stereocenters. The lowest BCUT2D eigenvalue weighted by atomic mass is 9.69. The van der Waals surface area contributed by atoms with Crippen LogP contribution in [0.5, 0.6) is 5.75 Å². The number of hydrogen-bond donors (Lipinski definition) is 1. The average Bonchev–Trinajstić information content (AvgIpc) is 2.94. The van der Waals surface area contributed by atoms with Crippen molar-refractivity contribution < 1.29 is 9.90 Å². The Labute approximate surface area is 220 Å². The third-order valence-corrected chi connectivity index (χ3v) is 8.99. The molecule has 3 aliphatic rings. The fraction of sp³-hybridized carbons (Fsp3) is 0.424. The van der Waals surface area contributed by atoms with Crippen LogP contribution in [0, 0.1) is 5.92 Å². The Morgan fingerprint density at radius 1 is 0.757 bits per heavy atom. The van der Waals surface area contributed by atoms with E-state index < -0.39 is 0 Å². The van der Waals surface area contributed by atoms with Crippen molar-refractivity contribution in [3.05, 3.63) is 95.1 Å². The monoisotopic (exact) mass is 494 g/mol. The van der Waals surface area contributed by atoms with Gasteiger partial charge < -0.3 is 10.0 Å². The summed E-state index contributed by atoms with van der Waals surface area (Å²) in [5, 5.41) is 10.1. The van der Waals surface area contributed by atoms with Crippen LogP contribution >= 0.6 is 0 Å². The smallest absolute Gasteiger partial charge is 0.132 e. The molecule has 2 aliphatic carbocycles. The minimum Gasteiger partial charge on any atom is -0.508 e. The number of rotatable bonds is 5. The molecule has 1 saturated carbocycles. The molecule has 37 heavy (non-hydrogen) atoms. The van der Waals surface area contributed by atoms with Gasteiger partial charge in [-0.1, -0.05) is 48.5 Å². The first-order chi connectivity index (χ1) is 18.1. The number of ketones is 1. The molecule has 2 fully saturated rings. The van der Waals surface area contributed by atoms with Crippen molar-refractivity contribution in [1.29, 1.82) is 0 Å². The lowest BCUT2D eigenvalue weighted by Gasteiger charge is -2.38. The quantitative estimate of drug-likeness (QED) is 0.463.